The number of rotatable bonds is 6. The average molecular weight is 374 g/mol. The number of hydrogen-bond acceptors (Lipinski definition) is 11. The molecule has 1 fully saturated rings. The molecule has 0 aromatic rings. The van der Waals surface area contributed by atoms with Crippen molar-refractivity contribution in [2.24, 2.45) is 11.1 Å². The van der Waals surface area contributed by atoms with Gasteiger partial charge in [0.25, 0.3) is 10.4 Å². The molecule has 136 valence electrons. The van der Waals surface area contributed by atoms with Crippen LogP contribution >= 0.6 is 11.8 Å². The van der Waals surface area contributed by atoms with Gasteiger partial charge in [-0.25, -0.2) is 0 Å². The van der Waals surface area contributed by atoms with Gasteiger partial charge in [-0.15, -0.1) is 0 Å². The first-order chi connectivity index (χ1) is 10.5. The van der Waals surface area contributed by atoms with Crippen LogP contribution in [-0.2, 0) is 19.4 Å². The maximum absolute atomic E-state index is 10.5. The minimum atomic E-state index is -5.03. The van der Waals surface area contributed by atoms with Crippen molar-refractivity contribution in [1.82, 2.24) is 0 Å². The summed E-state index contributed by atoms with van der Waals surface area (Å²) < 4.78 is 40.6. The first-order valence-electron chi connectivity index (χ1n) is 6.73. The maximum atomic E-state index is 10.5. The zero-order valence-electron chi connectivity index (χ0n) is 12.5. The number of aliphatic hydroxyl groups is 4. The van der Waals surface area contributed by atoms with E-state index in [2.05, 4.69) is 9.44 Å². The van der Waals surface area contributed by atoms with Crippen LogP contribution in [0.1, 0.15) is 20.3 Å². The third kappa shape index (κ3) is 6.51. The molecule has 0 aromatic carbocycles. The number of thioether (sulfide) groups is 1. The van der Waals surface area contributed by atoms with Gasteiger partial charge in [0.05, 0.1) is 6.61 Å². The van der Waals surface area contributed by atoms with Crippen LogP contribution in [0.5, 0.6) is 0 Å². The summed E-state index contributed by atoms with van der Waals surface area (Å²) in [7, 11) is -5.03. The number of ether oxygens (including phenoxy) is 1. The molecule has 12 heteroatoms. The highest BCUT2D eigenvalue weighted by Gasteiger charge is 2.44. The van der Waals surface area contributed by atoms with E-state index in [4.69, 9.17) is 9.84 Å². The van der Waals surface area contributed by atoms with Gasteiger partial charge in [-0.3, -0.25) is 4.28 Å². The molecule has 0 aromatic heterocycles. The molecule has 1 heterocycles. The Morgan fingerprint density at radius 3 is 2.39 bits per heavy atom. The minimum Gasteiger partial charge on any atom is -0.714 e. The molecule has 0 aliphatic carbocycles. The lowest BCUT2D eigenvalue weighted by Crippen LogP contribution is -2.57. The molecule has 0 spiro atoms. The third-order valence-electron chi connectivity index (χ3n) is 2.91. The van der Waals surface area contributed by atoms with Crippen molar-refractivity contribution in [3.05, 3.63) is 0 Å². The van der Waals surface area contributed by atoms with E-state index >= 15 is 0 Å². The molecule has 0 saturated carbocycles. The summed E-state index contributed by atoms with van der Waals surface area (Å²) in [5.41, 5.74) is -1.14. The molecule has 10 nitrogen and oxygen atoms in total. The summed E-state index contributed by atoms with van der Waals surface area (Å²) in [6.45, 7) is 3.01. The quantitative estimate of drug-likeness (QED) is 0.139. The molecule has 1 saturated heterocycles. The number of oxime groups is 1. The second-order valence-electron chi connectivity index (χ2n) is 5.38. The maximum Gasteiger partial charge on any atom is 0.284 e. The van der Waals surface area contributed by atoms with Crippen molar-refractivity contribution >= 4 is 27.2 Å². The predicted octanol–water partition coefficient (Wildman–Crippen LogP) is -1.64. The van der Waals surface area contributed by atoms with Crippen LogP contribution in [0.4, 0.5) is 0 Å². The van der Waals surface area contributed by atoms with Crippen LogP contribution in [0.25, 0.3) is 0 Å². The van der Waals surface area contributed by atoms with Crippen LogP contribution in [0.2, 0.25) is 0 Å². The SMILES string of the molecule is CC(C)C/C(=N/OS(=O)(=O)[O-])S[C@@H]1O[C@H](CO)[C@@H](O)[C@H](O)[C@H]1O. The molecular weight excluding hydrogens is 354 g/mol. The summed E-state index contributed by atoms with van der Waals surface area (Å²) in [6.07, 6.45) is -5.47. The minimum absolute atomic E-state index is 0.0177. The molecule has 0 amide bonds. The Hall–Kier alpha value is -0.470. The Kier molecular flexibility index (Phi) is 7.67. The van der Waals surface area contributed by atoms with E-state index < -0.39 is 46.9 Å². The molecule has 0 unspecified atom stereocenters. The first kappa shape index (κ1) is 20.6. The van der Waals surface area contributed by atoms with Gasteiger partial charge in [0.15, 0.2) is 0 Å². The highest BCUT2D eigenvalue weighted by Crippen LogP contribution is 2.31. The fraction of sp³-hybridized carbons (Fsp3) is 0.909. The van der Waals surface area contributed by atoms with Crippen LogP contribution in [0.15, 0.2) is 5.16 Å². The number of aliphatic hydroxyl groups excluding tert-OH is 4. The van der Waals surface area contributed by atoms with Crippen molar-refractivity contribution < 1.29 is 42.4 Å². The van der Waals surface area contributed by atoms with Crippen molar-refractivity contribution in [2.45, 2.75) is 50.1 Å². The number of hydrogen-bond donors (Lipinski definition) is 4. The molecule has 1 aliphatic rings. The van der Waals surface area contributed by atoms with Crippen LogP contribution < -0.4 is 0 Å². The van der Waals surface area contributed by atoms with Gasteiger partial charge in [-0.05, 0) is 5.92 Å². The van der Waals surface area contributed by atoms with Gasteiger partial charge >= 0.3 is 0 Å². The van der Waals surface area contributed by atoms with Crippen molar-refractivity contribution in [1.29, 1.82) is 0 Å². The van der Waals surface area contributed by atoms with E-state index in [-0.39, 0.29) is 17.4 Å². The molecule has 0 radical (unpaired) electrons. The predicted molar refractivity (Wildman–Crippen MR) is 79.0 cm³/mol. The Morgan fingerprint density at radius 2 is 1.91 bits per heavy atom. The van der Waals surface area contributed by atoms with E-state index in [1.54, 1.807) is 13.8 Å². The monoisotopic (exact) mass is 374 g/mol. The van der Waals surface area contributed by atoms with Gasteiger partial charge in [0.1, 0.15) is 34.9 Å². The van der Waals surface area contributed by atoms with Crippen molar-refractivity contribution in [3.63, 3.8) is 0 Å². The summed E-state index contributed by atoms with van der Waals surface area (Å²) in [6, 6.07) is 0. The first-order valence-corrected chi connectivity index (χ1v) is 8.95. The van der Waals surface area contributed by atoms with Crippen LogP contribution in [-0.4, -0.2) is 74.9 Å². The van der Waals surface area contributed by atoms with E-state index in [0.29, 0.717) is 0 Å². The van der Waals surface area contributed by atoms with Gasteiger partial charge in [0.2, 0.25) is 0 Å². The zero-order chi connectivity index (χ0) is 17.8. The number of nitrogens with zero attached hydrogens (tertiary/aromatic N) is 1. The lowest BCUT2D eigenvalue weighted by atomic mass is 10.0. The summed E-state index contributed by atoms with van der Waals surface area (Å²) in [4.78, 5) is 0. The fourth-order valence-electron chi connectivity index (χ4n) is 1.84. The zero-order valence-corrected chi connectivity index (χ0v) is 14.1. The Morgan fingerprint density at radius 1 is 1.30 bits per heavy atom. The average Bonchev–Trinajstić information content (AvgIpc) is 2.44. The second kappa shape index (κ2) is 8.58. The van der Waals surface area contributed by atoms with Gasteiger partial charge < -0.3 is 29.7 Å². The van der Waals surface area contributed by atoms with Gasteiger partial charge in [-0.1, -0.05) is 30.8 Å². The van der Waals surface area contributed by atoms with E-state index in [9.17, 15) is 28.3 Å². The normalized spacial score (nSPS) is 33.0. The van der Waals surface area contributed by atoms with E-state index in [1.165, 1.54) is 0 Å². The van der Waals surface area contributed by atoms with Crippen molar-refractivity contribution in [3.8, 4) is 0 Å². The van der Waals surface area contributed by atoms with Gasteiger partial charge in [-0.2, -0.15) is 8.42 Å². The molecular formula is C11H20NO9S2-. The summed E-state index contributed by atoms with van der Waals surface area (Å²) >= 11 is 0.735. The molecule has 5 atom stereocenters. The Bertz CT molecular complexity index is 508. The van der Waals surface area contributed by atoms with Gasteiger partial charge in [0, 0.05) is 6.42 Å². The third-order valence-corrected chi connectivity index (χ3v) is 4.31. The topological polar surface area (TPSA) is 169 Å². The molecule has 0 bridgehead atoms. The Balaban J connectivity index is 2.88. The van der Waals surface area contributed by atoms with Crippen LogP contribution in [0.3, 0.4) is 0 Å². The van der Waals surface area contributed by atoms with E-state index in [0.717, 1.165) is 11.8 Å². The molecule has 4 N–H and O–H groups in total. The lowest BCUT2D eigenvalue weighted by molar-refractivity contribution is -0.205. The highest BCUT2D eigenvalue weighted by molar-refractivity contribution is 8.14. The standard InChI is InChI=1S/C11H21NO9S2/c1-5(2)3-7(12-21-23(17,18)19)22-11-10(16)9(15)8(14)6(4-13)20-11/h5-6,8-11,13-16H,3-4H2,1-2H3,(H,17,18,19)/p-1/b12-7-/t6-,8-,9+,10-,11+/m1/s1. The highest BCUT2D eigenvalue weighted by atomic mass is 32.3. The van der Waals surface area contributed by atoms with E-state index in [1.807, 2.05) is 0 Å². The smallest absolute Gasteiger partial charge is 0.284 e. The Labute approximate surface area is 138 Å². The molecule has 23 heavy (non-hydrogen) atoms. The lowest BCUT2D eigenvalue weighted by Gasteiger charge is -2.39. The molecule has 1 aliphatic heterocycles. The molecule has 1 rings (SSSR count). The second-order valence-corrected chi connectivity index (χ2v) is 7.52. The van der Waals surface area contributed by atoms with Crippen LogP contribution in [0, 0.1) is 5.92 Å². The summed E-state index contributed by atoms with van der Waals surface area (Å²) in [5.74, 6) is 0.0177. The van der Waals surface area contributed by atoms with Crippen molar-refractivity contribution in [2.75, 3.05) is 6.61 Å². The largest absolute Gasteiger partial charge is 0.714 e. The summed E-state index contributed by atoms with van der Waals surface area (Å²) in [5, 5.41) is 41.7. The fourth-order valence-corrected chi connectivity index (χ4v) is 3.35.